The number of carbonyl (C=O) groups is 1. The van der Waals surface area contributed by atoms with E-state index in [1.807, 2.05) is 20.8 Å². The monoisotopic (exact) mass is 254 g/mol. The zero-order valence-corrected chi connectivity index (χ0v) is 12.0. The van der Waals surface area contributed by atoms with Crippen LogP contribution in [0.1, 0.15) is 59.3 Å². The van der Waals surface area contributed by atoms with Gasteiger partial charge in [0.2, 0.25) is 0 Å². The van der Waals surface area contributed by atoms with Crippen LogP contribution in [0.4, 0.5) is 0 Å². The summed E-state index contributed by atoms with van der Waals surface area (Å²) in [6.07, 6.45) is 7.44. The van der Waals surface area contributed by atoms with Gasteiger partial charge in [0.15, 0.2) is 6.79 Å². The number of fused-ring (bicyclic) bond motifs is 2. The van der Waals surface area contributed by atoms with Gasteiger partial charge in [-0.3, -0.25) is 4.79 Å². The van der Waals surface area contributed by atoms with Gasteiger partial charge in [-0.05, 0) is 63.7 Å². The lowest BCUT2D eigenvalue weighted by molar-refractivity contribution is -0.169. The van der Waals surface area contributed by atoms with E-state index in [0.717, 1.165) is 18.9 Å². The molecule has 0 radical (unpaired) electrons. The fraction of sp³-hybridized carbons (Fsp3) is 0.933. The molecule has 2 aliphatic rings. The normalized spacial score (nSPS) is 30.7. The summed E-state index contributed by atoms with van der Waals surface area (Å²) in [5.74, 6) is 0.786. The van der Waals surface area contributed by atoms with E-state index in [1.54, 1.807) is 0 Å². The Kier molecular flexibility index (Phi) is 4.00. The van der Waals surface area contributed by atoms with Gasteiger partial charge in [-0.1, -0.05) is 6.92 Å². The van der Waals surface area contributed by atoms with Gasteiger partial charge < -0.3 is 9.47 Å². The van der Waals surface area contributed by atoms with E-state index >= 15 is 0 Å². The number of ether oxygens (including phenoxy) is 2. The van der Waals surface area contributed by atoms with Gasteiger partial charge in [-0.15, -0.1) is 0 Å². The fourth-order valence-corrected chi connectivity index (χ4v) is 3.21. The second-order valence-electron chi connectivity index (χ2n) is 6.78. The Morgan fingerprint density at radius 2 is 2.00 bits per heavy atom. The van der Waals surface area contributed by atoms with E-state index in [-0.39, 0.29) is 12.8 Å². The Morgan fingerprint density at radius 3 is 2.50 bits per heavy atom. The average Bonchev–Trinajstić information content (AvgIpc) is 2.95. The third-order valence-corrected chi connectivity index (χ3v) is 5.01. The van der Waals surface area contributed by atoms with Crippen molar-refractivity contribution in [3.8, 4) is 0 Å². The molecule has 0 aliphatic heterocycles. The van der Waals surface area contributed by atoms with Crippen molar-refractivity contribution in [1.29, 1.82) is 0 Å². The topological polar surface area (TPSA) is 35.5 Å². The lowest BCUT2D eigenvalue weighted by Crippen LogP contribution is -2.28. The highest BCUT2D eigenvalue weighted by atomic mass is 16.7. The van der Waals surface area contributed by atoms with Crippen molar-refractivity contribution < 1.29 is 14.3 Å². The number of rotatable bonds is 6. The summed E-state index contributed by atoms with van der Waals surface area (Å²) < 4.78 is 10.8. The maximum atomic E-state index is 11.7. The van der Waals surface area contributed by atoms with Gasteiger partial charge in [-0.2, -0.15) is 0 Å². The van der Waals surface area contributed by atoms with E-state index in [1.165, 1.54) is 32.1 Å². The molecule has 3 heteroatoms. The molecule has 0 saturated heterocycles. The Morgan fingerprint density at radius 1 is 1.33 bits per heavy atom. The van der Waals surface area contributed by atoms with E-state index in [4.69, 9.17) is 9.47 Å². The largest absolute Gasteiger partial charge is 0.438 e. The molecular formula is C15H26O3. The summed E-state index contributed by atoms with van der Waals surface area (Å²) in [7, 11) is 0. The molecule has 2 saturated carbocycles. The SMILES string of the molecule is CCC(C)(C)C(=O)OCOCC12CCC(CC1)C2. The first-order chi connectivity index (χ1) is 8.47. The van der Waals surface area contributed by atoms with Crippen molar-refractivity contribution in [3.05, 3.63) is 0 Å². The van der Waals surface area contributed by atoms with Gasteiger partial charge in [0.1, 0.15) is 0 Å². The lowest BCUT2D eigenvalue weighted by Gasteiger charge is -2.26. The summed E-state index contributed by atoms with van der Waals surface area (Å²) in [6.45, 7) is 6.70. The third kappa shape index (κ3) is 2.87. The summed E-state index contributed by atoms with van der Waals surface area (Å²) >= 11 is 0. The molecule has 3 nitrogen and oxygen atoms in total. The van der Waals surface area contributed by atoms with Crippen LogP contribution < -0.4 is 0 Å². The van der Waals surface area contributed by atoms with E-state index in [2.05, 4.69) is 0 Å². The van der Waals surface area contributed by atoms with E-state index in [9.17, 15) is 4.79 Å². The highest BCUT2D eigenvalue weighted by molar-refractivity contribution is 5.75. The number of carbonyl (C=O) groups excluding carboxylic acids is 1. The maximum Gasteiger partial charge on any atom is 0.313 e. The first-order valence-corrected chi connectivity index (χ1v) is 7.22. The Labute approximate surface area is 110 Å². The second-order valence-corrected chi connectivity index (χ2v) is 6.78. The quantitative estimate of drug-likeness (QED) is 0.413. The standard InChI is InChI=1S/C15H26O3/c1-4-14(2,3)13(16)18-11-17-10-15-7-5-12(9-15)6-8-15/h12H,4-11H2,1-3H3. The summed E-state index contributed by atoms with van der Waals surface area (Å²) in [5, 5.41) is 0. The minimum atomic E-state index is -0.395. The molecule has 0 amide bonds. The third-order valence-electron chi connectivity index (χ3n) is 5.01. The molecule has 0 N–H and O–H groups in total. The van der Waals surface area contributed by atoms with Crippen molar-refractivity contribution >= 4 is 5.97 Å². The first-order valence-electron chi connectivity index (χ1n) is 7.22. The molecule has 2 bridgehead atoms. The van der Waals surface area contributed by atoms with Crippen molar-refractivity contribution in [1.82, 2.24) is 0 Å². The van der Waals surface area contributed by atoms with Crippen LogP contribution in [0.3, 0.4) is 0 Å². The highest BCUT2D eigenvalue weighted by Gasteiger charge is 2.44. The Hall–Kier alpha value is -0.570. The van der Waals surface area contributed by atoms with Crippen LogP contribution in [0, 0.1) is 16.7 Å². The van der Waals surface area contributed by atoms with Crippen LogP contribution in [0.5, 0.6) is 0 Å². The van der Waals surface area contributed by atoms with Crippen LogP contribution in [-0.4, -0.2) is 19.4 Å². The van der Waals surface area contributed by atoms with Gasteiger partial charge in [0.05, 0.1) is 12.0 Å². The first kappa shape index (κ1) is 13.9. The zero-order chi connectivity index (χ0) is 13.2. The van der Waals surface area contributed by atoms with Crippen molar-refractivity contribution in [2.75, 3.05) is 13.4 Å². The molecule has 18 heavy (non-hydrogen) atoms. The van der Waals surface area contributed by atoms with E-state index in [0.29, 0.717) is 5.41 Å². The fourth-order valence-electron chi connectivity index (χ4n) is 3.21. The van der Waals surface area contributed by atoms with Crippen molar-refractivity contribution in [2.24, 2.45) is 16.7 Å². The van der Waals surface area contributed by atoms with Crippen LogP contribution in [0.25, 0.3) is 0 Å². The second kappa shape index (κ2) is 5.20. The minimum Gasteiger partial charge on any atom is -0.438 e. The molecule has 0 aromatic heterocycles. The predicted octanol–water partition coefficient (Wildman–Crippen LogP) is 3.52. The number of hydrogen-bond acceptors (Lipinski definition) is 3. The summed E-state index contributed by atoms with van der Waals surface area (Å²) in [5.41, 5.74) is 0.0187. The van der Waals surface area contributed by atoms with Crippen molar-refractivity contribution in [2.45, 2.75) is 59.3 Å². The van der Waals surface area contributed by atoms with Crippen molar-refractivity contribution in [3.63, 3.8) is 0 Å². The predicted molar refractivity (Wildman–Crippen MR) is 70.0 cm³/mol. The number of esters is 1. The number of hydrogen-bond donors (Lipinski definition) is 0. The molecule has 2 aliphatic carbocycles. The molecule has 0 atom stereocenters. The molecular weight excluding hydrogens is 228 g/mol. The van der Waals surface area contributed by atoms with Gasteiger partial charge in [-0.25, -0.2) is 0 Å². The summed E-state index contributed by atoms with van der Waals surface area (Å²) in [4.78, 5) is 11.7. The molecule has 0 unspecified atom stereocenters. The smallest absolute Gasteiger partial charge is 0.313 e. The molecule has 0 spiro atoms. The summed E-state index contributed by atoms with van der Waals surface area (Å²) in [6, 6.07) is 0. The van der Waals surface area contributed by atoms with Gasteiger partial charge in [0, 0.05) is 0 Å². The minimum absolute atomic E-state index is 0.120. The molecule has 0 aromatic rings. The molecule has 2 rings (SSSR count). The highest BCUT2D eigenvalue weighted by Crippen LogP contribution is 2.54. The zero-order valence-electron chi connectivity index (χ0n) is 12.0. The lowest BCUT2D eigenvalue weighted by atomic mass is 9.85. The molecule has 2 fully saturated rings. The Bertz CT molecular complexity index is 301. The average molecular weight is 254 g/mol. The van der Waals surface area contributed by atoms with Crippen LogP contribution in [-0.2, 0) is 14.3 Å². The van der Waals surface area contributed by atoms with Crippen LogP contribution in [0.15, 0.2) is 0 Å². The Balaban J connectivity index is 1.66. The van der Waals surface area contributed by atoms with E-state index < -0.39 is 5.41 Å². The maximum absolute atomic E-state index is 11.7. The van der Waals surface area contributed by atoms with Gasteiger partial charge in [0.25, 0.3) is 0 Å². The molecule has 104 valence electrons. The molecule has 0 heterocycles. The molecule has 0 aromatic carbocycles. The van der Waals surface area contributed by atoms with Crippen LogP contribution in [0.2, 0.25) is 0 Å². The van der Waals surface area contributed by atoms with Gasteiger partial charge >= 0.3 is 5.97 Å². The van der Waals surface area contributed by atoms with Crippen LogP contribution >= 0.6 is 0 Å².